The highest BCUT2D eigenvalue weighted by atomic mass is 16.6. The minimum absolute atomic E-state index is 0.0944. The number of carbonyl (C=O) groups is 1. The predicted molar refractivity (Wildman–Crippen MR) is 95.8 cm³/mol. The molecule has 8 unspecified atom stereocenters. The maximum Gasteiger partial charge on any atom is 0.309 e. The van der Waals surface area contributed by atoms with Gasteiger partial charge in [-0.1, -0.05) is 26.0 Å². The van der Waals surface area contributed by atoms with Crippen LogP contribution in [0.15, 0.2) is 12.2 Å². The lowest BCUT2D eigenvalue weighted by Gasteiger charge is -2.40. The van der Waals surface area contributed by atoms with Gasteiger partial charge in [0.1, 0.15) is 5.60 Å². The fourth-order valence-corrected chi connectivity index (χ4v) is 7.47. The molecule has 5 rings (SSSR count). The van der Waals surface area contributed by atoms with Crippen LogP contribution in [0, 0.1) is 41.4 Å². The molecule has 4 bridgehead atoms. The summed E-state index contributed by atoms with van der Waals surface area (Å²) >= 11 is 0. The van der Waals surface area contributed by atoms with E-state index in [4.69, 9.17) is 9.47 Å². The van der Waals surface area contributed by atoms with E-state index in [1.807, 2.05) is 0 Å². The SMILES string of the molecule is CCC(CC)(OC(=O)C1CC2CC1C1C3C=CC(C3)C21)C1CCCO1. The monoisotopic (exact) mass is 344 g/mol. The minimum Gasteiger partial charge on any atom is -0.456 e. The molecule has 8 atom stereocenters. The van der Waals surface area contributed by atoms with Crippen LogP contribution in [0.1, 0.15) is 58.8 Å². The van der Waals surface area contributed by atoms with Gasteiger partial charge in [0, 0.05) is 6.61 Å². The van der Waals surface area contributed by atoms with Crippen LogP contribution in [0.3, 0.4) is 0 Å². The molecule has 3 heteroatoms. The normalized spacial score (nSPS) is 46.8. The first-order chi connectivity index (χ1) is 12.2. The van der Waals surface area contributed by atoms with E-state index in [0.717, 1.165) is 68.3 Å². The van der Waals surface area contributed by atoms with Crippen molar-refractivity contribution in [3.8, 4) is 0 Å². The van der Waals surface area contributed by atoms with E-state index in [-0.39, 0.29) is 18.0 Å². The van der Waals surface area contributed by atoms with Crippen molar-refractivity contribution < 1.29 is 14.3 Å². The Morgan fingerprint density at radius 2 is 1.88 bits per heavy atom. The van der Waals surface area contributed by atoms with Gasteiger partial charge in [0.2, 0.25) is 0 Å². The Balaban J connectivity index is 1.33. The number of esters is 1. The van der Waals surface area contributed by atoms with E-state index in [0.29, 0.717) is 5.92 Å². The second-order valence-corrected chi connectivity index (χ2v) is 9.30. The average Bonchev–Trinajstić information content (AvgIpc) is 3.42. The van der Waals surface area contributed by atoms with Crippen LogP contribution in [0.2, 0.25) is 0 Å². The summed E-state index contributed by atoms with van der Waals surface area (Å²) < 4.78 is 12.3. The first kappa shape index (κ1) is 16.4. The lowest BCUT2D eigenvalue weighted by Crippen LogP contribution is -2.47. The molecule has 0 spiro atoms. The third-order valence-electron chi connectivity index (χ3n) is 8.59. The van der Waals surface area contributed by atoms with Crippen LogP contribution >= 0.6 is 0 Å². The highest BCUT2D eigenvalue weighted by Crippen LogP contribution is 2.67. The van der Waals surface area contributed by atoms with Gasteiger partial charge >= 0.3 is 5.97 Å². The molecule has 0 aromatic carbocycles. The van der Waals surface area contributed by atoms with E-state index < -0.39 is 5.60 Å². The van der Waals surface area contributed by atoms with Gasteiger partial charge in [-0.25, -0.2) is 0 Å². The molecular formula is C22H32O3. The van der Waals surface area contributed by atoms with E-state index in [9.17, 15) is 4.79 Å². The second kappa shape index (κ2) is 5.84. The van der Waals surface area contributed by atoms with Crippen molar-refractivity contribution in [3.05, 3.63) is 12.2 Å². The molecule has 1 saturated heterocycles. The third kappa shape index (κ3) is 2.23. The van der Waals surface area contributed by atoms with E-state index in [2.05, 4.69) is 26.0 Å². The summed E-state index contributed by atoms with van der Waals surface area (Å²) in [6.45, 7) is 5.11. The zero-order valence-corrected chi connectivity index (χ0v) is 15.7. The van der Waals surface area contributed by atoms with Gasteiger partial charge in [-0.15, -0.1) is 0 Å². The Bertz CT molecular complexity index is 572. The average molecular weight is 344 g/mol. The van der Waals surface area contributed by atoms with Crippen LogP contribution in [0.25, 0.3) is 0 Å². The van der Waals surface area contributed by atoms with Gasteiger partial charge in [0.05, 0.1) is 12.0 Å². The van der Waals surface area contributed by atoms with Crippen molar-refractivity contribution in [2.45, 2.75) is 70.5 Å². The van der Waals surface area contributed by atoms with Gasteiger partial charge in [0.15, 0.2) is 0 Å². The van der Waals surface area contributed by atoms with Crippen LogP contribution in [0.4, 0.5) is 0 Å². The van der Waals surface area contributed by atoms with Gasteiger partial charge in [-0.2, -0.15) is 0 Å². The topological polar surface area (TPSA) is 35.5 Å². The second-order valence-electron chi connectivity index (χ2n) is 9.30. The molecule has 0 N–H and O–H groups in total. The number of carbonyl (C=O) groups excluding carboxylic acids is 1. The summed E-state index contributed by atoms with van der Waals surface area (Å²) in [6.07, 6.45) is 12.6. The molecule has 4 fully saturated rings. The van der Waals surface area contributed by atoms with Crippen LogP contribution in [-0.4, -0.2) is 24.3 Å². The number of hydrogen-bond acceptors (Lipinski definition) is 3. The summed E-state index contributed by atoms with van der Waals surface area (Å²) in [6, 6.07) is 0. The maximum atomic E-state index is 13.2. The van der Waals surface area contributed by atoms with Gasteiger partial charge in [-0.3, -0.25) is 4.79 Å². The van der Waals surface area contributed by atoms with Crippen LogP contribution in [0.5, 0.6) is 0 Å². The number of rotatable bonds is 5. The molecule has 1 aliphatic heterocycles. The maximum absolute atomic E-state index is 13.2. The van der Waals surface area contributed by atoms with Gasteiger partial charge in [0.25, 0.3) is 0 Å². The standard InChI is InChI=1S/C22H32O3/c1-3-22(4-2,18-6-5-9-24-18)25-21(23)17-12-15-11-16(17)20-14-8-7-13(10-14)19(15)20/h7-8,13-20H,3-6,9-12H2,1-2H3. The smallest absolute Gasteiger partial charge is 0.309 e. The number of hydrogen-bond donors (Lipinski definition) is 0. The molecule has 0 amide bonds. The van der Waals surface area contributed by atoms with Crippen molar-refractivity contribution in [2.75, 3.05) is 6.61 Å². The molecule has 3 saturated carbocycles. The van der Waals surface area contributed by atoms with Crippen LogP contribution in [-0.2, 0) is 14.3 Å². The summed E-state index contributed by atoms with van der Waals surface area (Å²) in [5.41, 5.74) is -0.399. The van der Waals surface area contributed by atoms with Gasteiger partial charge < -0.3 is 9.47 Å². The Morgan fingerprint density at radius 1 is 1.12 bits per heavy atom. The Morgan fingerprint density at radius 3 is 2.56 bits per heavy atom. The Labute approximate surface area is 151 Å². The fourth-order valence-electron chi connectivity index (χ4n) is 7.47. The number of ether oxygens (including phenoxy) is 2. The lowest BCUT2D eigenvalue weighted by molar-refractivity contribution is -0.184. The molecule has 1 heterocycles. The van der Waals surface area contributed by atoms with Crippen LogP contribution < -0.4 is 0 Å². The first-order valence-electron chi connectivity index (χ1n) is 10.7. The molecule has 25 heavy (non-hydrogen) atoms. The highest BCUT2D eigenvalue weighted by Gasteiger charge is 2.63. The predicted octanol–water partition coefficient (Wildman–Crippen LogP) is 4.36. The molecule has 0 radical (unpaired) electrons. The fraction of sp³-hybridized carbons (Fsp3) is 0.864. The third-order valence-corrected chi connectivity index (χ3v) is 8.59. The van der Waals surface area contributed by atoms with E-state index in [1.165, 1.54) is 12.8 Å². The number of fused-ring (bicyclic) bond motifs is 9. The van der Waals surface area contributed by atoms with Crippen molar-refractivity contribution in [3.63, 3.8) is 0 Å². The Kier molecular flexibility index (Phi) is 3.82. The molecule has 5 aliphatic rings. The molecule has 4 aliphatic carbocycles. The molecule has 0 aromatic heterocycles. The summed E-state index contributed by atoms with van der Waals surface area (Å²) in [5, 5.41) is 0. The molecule has 0 aromatic rings. The largest absolute Gasteiger partial charge is 0.456 e. The van der Waals surface area contributed by atoms with Crippen molar-refractivity contribution in [2.24, 2.45) is 41.4 Å². The van der Waals surface area contributed by atoms with Crippen molar-refractivity contribution in [1.29, 1.82) is 0 Å². The zero-order chi connectivity index (χ0) is 17.2. The summed E-state index contributed by atoms with van der Waals surface area (Å²) in [7, 11) is 0. The number of allylic oxidation sites excluding steroid dienone is 2. The minimum atomic E-state index is -0.399. The summed E-state index contributed by atoms with van der Waals surface area (Å²) in [4.78, 5) is 13.2. The highest BCUT2D eigenvalue weighted by molar-refractivity contribution is 5.74. The van der Waals surface area contributed by atoms with Crippen molar-refractivity contribution in [1.82, 2.24) is 0 Å². The lowest BCUT2D eigenvalue weighted by atomic mass is 9.69. The molecule has 3 nitrogen and oxygen atoms in total. The molecular weight excluding hydrogens is 312 g/mol. The first-order valence-corrected chi connectivity index (χ1v) is 10.7. The quantitative estimate of drug-likeness (QED) is 0.422. The van der Waals surface area contributed by atoms with E-state index in [1.54, 1.807) is 0 Å². The zero-order valence-electron chi connectivity index (χ0n) is 15.7. The van der Waals surface area contributed by atoms with Crippen molar-refractivity contribution >= 4 is 5.97 Å². The summed E-state index contributed by atoms with van der Waals surface area (Å²) in [5.74, 6) is 4.82. The van der Waals surface area contributed by atoms with E-state index >= 15 is 0 Å². The van der Waals surface area contributed by atoms with Gasteiger partial charge in [-0.05, 0) is 80.5 Å². The molecule has 138 valence electrons. The Hall–Kier alpha value is -0.830.